The summed E-state index contributed by atoms with van der Waals surface area (Å²) < 4.78 is 0. The van der Waals surface area contributed by atoms with Gasteiger partial charge in [0.15, 0.2) is 0 Å². The Kier molecular flexibility index (Phi) is 4.47. The van der Waals surface area contributed by atoms with E-state index in [9.17, 15) is 0 Å². The molecule has 0 spiro atoms. The molecule has 0 saturated carbocycles. The third-order valence-electron chi connectivity index (χ3n) is 3.08. The number of hydrogen-bond acceptors (Lipinski definition) is 4. The first-order chi connectivity index (χ1) is 9.22. The fourth-order valence-corrected chi connectivity index (χ4v) is 1.76. The lowest BCUT2D eigenvalue weighted by atomic mass is 10.1. The van der Waals surface area contributed by atoms with Crippen LogP contribution in [0.5, 0.6) is 0 Å². The summed E-state index contributed by atoms with van der Waals surface area (Å²) in [5, 5.41) is 3.14. The van der Waals surface area contributed by atoms with E-state index in [-0.39, 0.29) is 6.04 Å². The van der Waals surface area contributed by atoms with Gasteiger partial charge in [-0.05, 0) is 24.5 Å². The minimum atomic E-state index is 0.176. The lowest BCUT2D eigenvalue weighted by Gasteiger charge is -2.11. The molecule has 2 aromatic rings. The third kappa shape index (κ3) is 3.51. The highest BCUT2D eigenvalue weighted by atomic mass is 15.1. The molecule has 1 aromatic carbocycles. The Labute approximate surface area is 114 Å². The second-order valence-electron chi connectivity index (χ2n) is 4.63. The predicted molar refractivity (Wildman–Crippen MR) is 79.0 cm³/mol. The van der Waals surface area contributed by atoms with E-state index in [4.69, 9.17) is 5.73 Å². The molecule has 2 rings (SSSR count). The van der Waals surface area contributed by atoms with E-state index >= 15 is 0 Å². The van der Waals surface area contributed by atoms with E-state index in [2.05, 4.69) is 46.5 Å². The maximum atomic E-state index is 5.55. The Hall–Kier alpha value is -1.94. The zero-order valence-electron chi connectivity index (χ0n) is 11.4. The van der Waals surface area contributed by atoms with Gasteiger partial charge in [0, 0.05) is 30.5 Å². The summed E-state index contributed by atoms with van der Waals surface area (Å²) >= 11 is 0. The van der Waals surface area contributed by atoms with Gasteiger partial charge in [0.05, 0.1) is 0 Å². The number of rotatable bonds is 5. The molecule has 0 amide bonds. The number of hydrogen-bond donors (Lipinski definition) is 2. The molecule has 0 aliphatic heterocycles. The number of benzene rings is 1. The number of nitrogens with one attached hydrogen (secondary N) is 1. The molecule has 0 aliphatic rings. The Balaban J connectivity index is 2.12. The minimum Gasteiger partial charge on any atom is -0.351 e. The summed E-state index contributed by atoms with van der Waals surface area (Å²) in [6.07, 6.45) is 4.72. The lowest BCUT2D eigenvalue weighted by Crippen LogP contribution is -2.26. The van der Waals surface area contributed by atoms with Gasteiger partial charge in [-0.2, -0.15) is 0 Å². The van der Waals surface area contributed by atoms with Crippen molar-refractivity contribution < 1.29 is 0 Å². The number of nitrogens with two attached hydrogens (primary N) is 1. The first kappa shape index (κ1) is 13.5. The van der Waals surface area contributed by atoms with Crippen LogP contribution < -0.4 is 11.1 Å². The van der Waals surface area contributed by atoms with Crippen LogP contribution >= 0.6 is 0 Å². The quantitative estimate of drug-likeness (QED) is 0.862. The second kappa shape index (κ2) is 6.29. The molecule has 1 atom stereocenters. The monoisotopic (exact) mass is 256 g/mol. The number of nitrogens with zero attached hydrogens (tertiary/aromatic N) is 2. The van der Waals surface area contributed by atoms with Gasteiger partial charge in [0.2, 0.25) is 5.95 Å². The van der Waals surface area contributed by atoms with Crippen molar-refractivity contribution >= 4 is 5.95 Å². The fourth-order valence-electron chi connectivity index (χ4n) is 1.76. The largest absolute Gasteiger partial charge is 0.351 e. The maximum absolute atomic E-state index is 5.55. The average Bonchev–Trinajstić information content (AvgIpc) is 2.48. The van der Waals surface area contributed by atoms with Crippen LogP contribution in [0, 0.1) is 0 Å². The highest BCUT2D eigenvalue weighted by molar-refractivity contribution is 5.62. The van der Waals surface area contributed by atoms with Crippen molar-refractivity contribution in [2.24, 2.45) is 5.73 Å². The first-order valence-corrected chi connectivity index (χ1v) is 6.61. The van der Waals surface area contributed by atoms with Gasteiger partial charge in [0.25, 0.3) is 0 Å². The summed E-state index contributed by atoms with van der Waals surface area (Å²) in [6, 6.07) is 8.66. The van der Waals surface area contributed by atoms with E-state index in [0.717, 1.165) is 17.5 Å². The fraction of sp³-hybridized carbons (Fsp3) is 0.333. The summed E-state index contributed by atoms with van der Waals surface area (Å²) in [4.78, 5) is 8.62. The number of aryl methyl sites for hydroxylation is 1. The van der Waals surface area contributed by atoms with Crippen LogP contribution in [0.15, 0.2) is 36.7 Å². The highest BCUT2D eigenvalue weighted by Crippen LogP contribution is 2.19. The molecule has 3 N–H and O–H groups in total. The molecule has 1 aromatic heterocycles. The molecule has 4 heteroatoms. The van der Waals surface area contributed by atoms with E-state index in [1.165, 1.54) is 5.56 Å². The Morgan fingerprint density at radius 2 is 1.74 bits per heavy atom. The molecule has 0 aliphatic carbocycles. The van der Waals surface area contributed by atoms with Crippen LogP contribution in [-0.4, -0.2) is 22.6 Å². The Bertz CT molecular complexity index is 505. The number of aromatic nitrogens is 2. The van der Waals surface area contributed by atoms with E-state index in [1.54, 1.807) is 0 Å². The van der Waals surface area contributed by atoms with Crippen LogP contribution in [0.3, 0.4) is 0 Å². The van der Waals surface area contributed by atoms with Crippen molar-refractivity contribution in [3.05, 3.63) is 42.2 Å². The van der Waals surface area contributed by atoms with Crippen LogP contribution in [0.2, 0.25) is 0 Å². The van der Waals surface area contributed by atoms with Crippen molar-refractivity contribution in [2.45, 2.75) is 26.3 Å². The van der Waals surface area contributed by atoms with Crippen molar-refractivity contribution in [1.29, 1.82) is 0 Å². The van der Waals surface area contributed by atoms with Crippen LogP contribution in [0.25, 0.3) is 11.1 Å². The molecule has 0 fully saturated rings. The minimum absolute atomic E-state index is 0.176. The van der Waals surface area contributed by atoms with Crippen molar-refractivity contribution in [1.82, 2.24) is 9.97 Å². The topological polar surface area (TPSA) is 63.8 Å². The van der Waals surface area contributed by atoms with E-state index in [1.807, 2.05) is 19.3 Å². The van der Waals surface area contributed by atoms with Crippen molar-refractivity contribution in [2.75, 3.05) is 11.9 Å². The summed E-state index contributed by atoms with van der Waals surface area (Å²) in [5.74, 6) is 0.617. The van der Waals surface area contributed by atoms with E-state index in [0.29, 0.717) is 12.5 Å². The predicted octanol–water partition coefficient (Wildman–Crippen LogP) is 2.47. The summed E-state index contributed by atoms with van der Waals surface area (Å²) in [6.45, 7) is 4.71. The van der Waals surface area contributed by atoms with Crippen LogP contribution in [0.4, 0.5) is 5.95 Å². The van der Waals surface area contributed by atoms with Gasteiger partial charge in [-0.3, -0.25) is 0 Å². The summed E-state index contributed by atoms with van der Waals surface area (Å²) in [5.41, 5.74) is 9.04. The van der Waals surface area contributed by atoms with Crippen LogP contribution in [-0.2, 0) is 6.42 Å². The Morgan fingerprint density at radius 3 is 2.26 bits per heavy atom. The van der Waals surface area contributed by atoms with Crippen molar-refractivity contribution in [3.63, 3.8) is 0 Å². The van der Waals surface area contributed by atoms with Gasteiger partial charge < -0.3 is 11.1 Å². The Morgan fingerprint density at radius 1 is 1.11 bits per heavy atom. The first-order valence-electron chi connectivity index (χ1n) is 6.61. The summed E-state index contributed by atoms with van der Waals surface area (Å²) in [7, 11) is 0. The van der Waals surface area contributed by atoms with Crippen LogP contribution in [0.1, 0.15) is 19.4 Å². The zero-order valence-corrected chi connectivity index (χ0v) is 11.4. The normalized spacial score (nSPS) is 12.2. The third-order valence-corrected chi connectivity index (χ3v) is 3.08. The molecule has 4 nitrogen and oxygen atoms in total. The average molecular weight is 256 g/mol. The van der Waals surface area contributed by atoms with Gasteiger partial charge in [-0.25, -0.2) is 9.97 Å². The maximum Gasteiger partial charge on any atom is 0.222 e. The SMILES string of the molecule is CCc1ccc(-c2cnc(NC(C)CN)nc2)cc1. The van der Waals surface area contributed by atoms with Crippen molar-refractivity contribution in [3.8, 4) is 11.1 Å². The van der Waals surface area contributed by atoms with E-state index < -0.39 is 0 Å². The molecule has 1 heterocycles. The van der Waals surface area contributed by atoms with Gasteiger partial charge in [0.1, 0.15) is 0 Å². The van der Waals surface area contributed by atoms with Gasteiger partial charge in [-0.15, -0.1) is 0 Å². The van der Waals surface area contributed by atoms with Gasteiger partial charge in [-0.1, -0.05) is 31.2 Å². The smallest absolute Gasteiger partial charge is 0.222 e. The molecule has 0 bridgehead atoms. The molecular weight excluding hydrogens is 236 g/mol. The molecule has 1 unspecified atom stereocenters. The lowest BCUT2D eigenvalue weighted by molar-refractivity contribution is 0.790. The zero-order chi connectivity index (χ0) is 13.7. The van der Waals surface area contributed by atoms with Gasteiger partial charge >= 0.3 is 0 Å². The molecular formula is C15H20N4. The molecule has 100 valence electrons. The molecule has 0 saturated heterocycles. The molecule has 0 radical (unpaired) electrons. The highest BCUT2D eigenvalue weighted by Gasteiger charge is 2.03. The molecule has 19 heavy (non-hydrogen) atoms. The number of anilines is 1. The second-order valence-corrected chi connectivity index (χ2v) is 4.63. The standard InChI is InChI=1S/C15H20N4/c1-3-12-4-6-13(7-5-12)14-9-17-15(18-10-14)19-11(2)8-16/h4-7,9-11H,3,8,16H2,1-2H3,(H,17,18,19).